The molecule has 1 aromatic carbocycles. The topological polar surface area (TPSA) is 67.4 Å². The number of nitrogens with one attached hydrogen (secondary N) is 2. The quantitative estimate of drug-likeness (QED) is 0.667. The number of ether oxygens (including phenoxy) is 1. The fraction of sp³-hybridized carbons (Fsp3) is 0.538. The average Bonchev–Trinajstić information content (AvgIpc) is 2.42. The average molecular weight is 286 g/mol. The minimum atomic E-state index is -3.25. The van der Waals surface area contributed by atoms with E-state index in [1.165, 1.54) is 0 Å². The van der Waals surface area contributed by atoms with Crippen LogP contribution >= 0.6 is 0 Å². The van der Waals surface area contributed by atoms with Crippen molar-refractivity contribution in [3.05, 3.63) is 29.8 Å². The summed E-state index contributed by atoms with van der Waals surface area (Å²) in [5, 5.41) is 3.07. The SMILES string of the molecule is CCCNCCS(=O)(=O)NCc1ccccc1OC. The summed E-state index contributed by atoms with van der Waals surface area (Å²) >= 11 is 0. The van der Waals surface area contributed by atoms with Gasteiger partial charge in [0.1, 0.15) is 5.75 Å². The number of methoxy groups -OCH3 is 1. The Kier molecular flexibility index (Phi) is 6.83. The molecule has 1 aromatic rings. The molecule has 0 aliphatic rings. The molecular formula is C13H22N2O3S. The lowest BCUT2D eigenvalue weighted by Crippen LogP contribution is -2.32. The molecule has 108 valence electrons. The summed E-state index contributed by atoms with van der Waals surface area (Å²) in [5.41, 5.74) is 0.829. The van der Waals surface area contributed by atoms with E-state index in [4.69, 9.17) is 4.74 Å². The maximum Gasteiger partial charge on any atom is 0.213 e. The Balaban J connectivity index is 2.46. The van der Waals surface area contributed by atoms with Gasteiger partial charge in [0.2, 0.25) is 10.0 Å². The maximum atomic E-state index is 11.8. The summed E-state index contributed by atoms with van der Waals surface area (Å²) in [7, 11) is -1.68. The summed E-state index contributed by atoms with van der Waals surface area (Å²) in [4.78, 5) is 0. The van der Waals surface area contributed by atoms with Crippen molar-refractivity contribution >= 4 is 10.0 Å². The van der Waals surface area contributed by atoms with Gasteiger partial charge in [0.05, 0.1) is 12.9 Å². The van der Waals surface area contributed by atoms with Crippen molar-refractivity contribution in [2.75, 3.05) is 26.0 Å². The van der Waals surface area contributed by atoms with Crippen molar-refractivity contribution in [3.63, 3.8) is 0 Å². The van der Waals surface area contributed by atoms with Gasteiger partial charge in [-0.1, -0.05) is 25.1 Å². The Morgan fingerprint density at radius 3 is 2.63 bits per heavy atom. The number of sulfonamides is 1. The van der Waals surface area contributed by atoms with Crippen LogP contribution in [0.3, 0.4) is 0 Å². The minimum absolute atomic E-state index is 0.0855. The zero-order valence-electron chi connectivity index (χ0n) is 11.5. The molecule has 0 atom stereocenters. The zero-order valence-corrected chi connectivity index (χ0v) is 12.3. The summed E-state index contributed by atoms with van der Waals surface area (Å²) in [6.45, 7) is 3.60. The molecule has 6 heteroatoms. The van der Waals surface area contributed by atoms with Crippen molar-refractivity contribution in [1.82, 2.24) is 10.0 Å². The molecular weight excluding hydrogens is 264 g/mol. The van der Waals surface area contributed by atoms with Crippen molar-refractivity contribution in [1.29, 1.82) is 0 Å². The van der Waals surface area contributed by atoms with Crippen LogP contribution in [0, 0.1) is 0 Å². The van der Waals surface area contributed by atoms with Crippen LogP contribution in [-0.4, -0.2) is 34.4 Å². The highest BCUT2D eigenvalue weighted by atomic mass is 32.2. The predicted octanol–water partition coefficient (Wildman–Crippen LogP) is 1.11. The molecule has 0 spiro atoms. The normalized spacial score (nSPS) is 11.5. The monoisotopic (exact) mass is 286 g/mol. The van der Waals surface area contributed by atoms with E-state index < -0.39 is 10.0 Å². The molecule has 2 N–H and O–H groups in total. The third-order valence-electron chi connectivity index (χ3n) is 2.65. The lowest BCUT2D eigenvalue weighted by molar-refractivity contribution is 0.409. The van der Waals surface area contributed by atoms with Crippen LogP contribution in [-0.2, 0) is 16.6 Å². The molecule has 0 unspecified atom stereocenters. The molecule has 0 aromatic heterocycles. The number of hydrogen-bond acceptors (Lipinski definition) is 4. The summed E-state index contributed by atoms with van der Waals surface area (Å²) < 4.78 is 31.3. The first-order chi connectivity index (χ1) is 9.09. The molecule has 0 radical (unpaired) electrons. The molecule has 19 heavy (non-hydrogen) atoms. The molecule has 0 fully saturated rings. The van der Waals surface area contributed by atoms with Gasteiger partial charge in [-0.2, -0.15) is 0 Å². The number of hydrogen-bond donors (Lipinski definition) is 2. The van der Waals surface area contributed by atoms with Gasteiger partial charge in [-0.3, -0.25) is 0 Å². The zero-order chi connectivity index (χ0) is 14.1. The van der Waals surface area contributed by atoms with Crippen LogP contribution in [0.2, 0.25) is 0 Å². The van der Waals surface area contributed by atoms with E-state index in [1.807, 2.05) is 31.2 Å². The maximum absolute atomic E-state index is 11.8. The molecule has 1 rings (SSSR count). The predicted molar refractivity (Wildman–Crippen MR) is 76.8 cm³/mol. The van der Waals surface area contributed by atoms with Gasteiger partial charge in [0, 0.05) is 18.7 Å². The Morgan fingerprint density at radius 2 is 1.95 bits per heavy atom. The van der Waals surface area contributed by atoms with Crippen LogP contribution in [0.4, 0.5) is 0 Å². The molecule has 0 amide bonds. The third kappa shape index (κ3) is 6.04. The van der Waals surface area contributed by atoms with Gasteiger partial charge >= 0.3 is 0 Å². The van der Waals surface area contributed by atoms with Crippen molar-refractivity contribution < 1.29 is 13.2 Å². The Labute approximate surface area is 115 Å². The summed E-state index contributed by atoms with van der Waals surface area (Å²) in [6, 6.07) is 7.36. The number of para-hydroxylation sites is 1. The summed E-state index contributed by atoms with van der Waals surface area (Å²) in [5.74, 6) is 0.775. The highest BCUT2D eigenvalue weighted by Crippen LogP contribution is 2.16. The minimum Gasteiger partial charge on any atom is -0.496 e. The van der Waals surface area contributed by atoms with Crippen molar-refractivity contribution in [2.24, 2.45) is 0 Å². The Morgan fingerprint density at radius 1 is 1.21 bits per heavy atom. The van der Waals surface area contributed by atoms with Gasteiger partial charge in [0.15, 0.2) is 0 Å². The molecule has 0 saturated heterocycles. The third-order valence-corrected chi connectivity index (χ3v) is 3.98. The Hall–Kier alpha value is -1.11. The van der Waals surface area contributed by atoms with Gasteiger partial charge in [-0.15, -0.1) is 0 Å². The first kappa shape index (κ1) is 15.9. The molecule has 5 nitrogen and oxygen atoms in total. The largest absolute Gasteiger partial charge is 0.496 e. The lowest BCUT2D eigenvalue weighted by Gasteiger charge is -2.10. The van der Waals surface area contributed by atoms with Crippen LogP contribution in [0.1, 0.15) is 18.9 Å². The lowest BCUT2D eigenvalue weighted by atomic mass is 10.2. The van der Waals surface area contributed by atoms with Gasteiger partial charge in [0.25, 0.3) is 0 Å². The smallest absolute Gasteiger partial charge is 0.213 e. The standard InChI is InChI=1S/C13H22N2O3S/c1-3-8-14-9-10-19(16,17)15-11-12-6-4-5-7-13(12)18-2/h4-7,14-15H,3,8-11H2,1-2H3. The van der Waals surface area contributed by atoms with E-state index in [0.717, 1.165) is 18.5 Å². The Bertz CT molecular complexity index is 475. The van der Waals surface area contributed by atoms with E-state index in [-0.39, 0.29) is 12.3 Å². The second-order valence-electron chi connectivity index (χ2n) is 4.20. The molecule has 0 aliphatic carbocycles. The van der Waals surface area contributed by atoms with Crippen LogP contribution in [0.15, 0.2) is 24.3 Å². The van der Waals surface area contributed by atoms with E-state index in [2.05, 4.69) is 10.0 Å². The highest BCUT2D eigenvalue weighted by Gasteiger charge is 2.10. The van der Waals surface area contributed by atoms with Gasteiger partial charge < -0.3 is 10.1 Å². The summed E-state index contributed by atoms with van der Waals surface area (Å²) in [6.07, 6.45) is 0.995. The highest BCUT2D eigenvalue weighted by molar-refractivity contribution is 7.89. The fourth-order valence-electron chi connectivity index (χ4n) is 1.62. The van der Waals surface area contributed by atoms with E-state index in [9.17, 15) is 8.42 Å². The van der Waals surface area contributed by atoms with E-state index in [0.29, 0.717) is 12.3 Å². The molecule has 0 heterocycles. The second-order valence-corrected chi connectivity index (χ2v) is 6.13. The first-order valence-electron chi connectivity index (χ1n) is 6.39. The van der Waals surface area contributed by atoms with Gasteiger partial charge in [-0.25, -0.2) is 13.1 Å². The fourth-order valence-corrected chi connectivity index (χ4v) is 2.55. The molecule has 0 bridgehead atoms. The van der Waals surface area contributed by atoms with Crippen molar-refractivity contribution in [3.8, 4) is 5.75 Å². The van der Waals surface area contributed by atoms with Crippen molar-refractivity contribution in [2.45, 2.75) is 19.9 Å². The first-order valence-corrected chi connectivity index (χ1v) is 8.04. The number of benzene rings is 1. The van der Waals surface area contributed by atoms with E-state index >= 15 is 0 Å². The van der Waals surface area contributed by atoms with Crippen LogP contribution < -0.4 is 14.8 Å². The number of rotatable bonds is 9. The second kappa shape index (κ2) is 8.14. The van der Waals surface area contributed by atoms with E-state index in [1.54, 1.807) is 7.11 Å². The van der Waals surface area contributed by atoms with Crippen LogP contribution in [0.25, 0.3) is 0 Å². The van der Waals surface area contributed by atoms with Crippen LogP contribution in [0.5, 0.6) is 5.75 Å². The molecule has 0 saturated carbocycles. The molecule has 0 aliphatic heterocycles. The van der Waals surface area contributed by atoms with Gasteiger partial charge in [-0.05, 0) is 19.0 Å².